The molecule has 0 atom stereocenters. The van der Waals surface area contributed by atoms with Crippen molar-refractivity contribution < 1.29 is 12.8 Å². The van der Waals surface area contributed by atoms with E-state index in [0.717, 1.165) is 22.9 Å². The maximum Gasteiger partial charge on any atom is 0.219 e. The van der Waals surface area contributed by atoms with Crippen molar-refractivity contribution in [2.45, 2.75) is 24.5 Å². The molecular weight excluding hydrogens is 431 g/mol. The molecule has 7 heteroatoms. The van der Waals surface area contributed by atoms with Crippen LogP contribution in [0.25, 0.3) is 0 Å². The second-order valence-corrected chi connectivity index (χ2v) is 9.82. The van der Waals surface area contributed by atoms with Crippen LogP contribution in [0.3, 0.4) is 0 Å². The van der Waals surface area contributed by atoms with Crippen molar-refractivity contribution in [3.8, 4) is 6.07 Å². The molecule has 158 valence electrons. The first-order chi connectivity index (χ1) is 14.8. The summed E-state index contributed by atoms with van der Waals surface area (Å²) in [6, 6.07) is 21.6. The molecule has 0 spiro atoms. The molecule has 3 rings (SSSR count). The van der Waals surface area contributed by atoms with Gasteiger partial charge in [0.1, 0.15) is 16.9 Å². The van der Waals surface area contributed by atoms with Crippen molar-refractivity contribution in [2.24, 2.45) is 0 Å². The van der Waals surface area contributed by atoms with Crippen LogP contribution < -0.4 is 5.32 Å². The molecule has 0 aliphatic carbocycles. The van der Waals surface area contributed by atoms with E-state index in [1.165, 1.54) is 24.3 Å². The highest BCUT2D eigenvalue weighted by atomic mass is 32.2. The van der Waals surface area contributed by atoms with Crippen molar-refractivity contribution in [1.29, 1.82) is 5.26 Å². The Morgan fingerprint density at radius 2 is 1.77 bits per heavy atom. The number of nitrogens with one attached hydrogen (secondary N) is 1. The third-order valence-corrected chi connectivity index (χ3v) is 7.47. The molecule has 0 fully saturated rings. The largest absolute Gasteiger partial charge is 0.348 e. The van der Waals surface area contributed by atoms with Crippen LogP contribution in [-0.2, 0) is 15.6 Å². The van der Waals surface area contributed by atoms with Crippen LogP contribution in [0.5, 0.6) is 0 Å². The number of rotatable bonds is 7. The summed E-state index contributed by atoms with van der Waals surface area (Å²) in [5.74, 6) is -0.0796. The van der Waals surface area contributed by atoms with Gasteiger partial charge in [0.05, 0.1) is 4.90 Å². The summed E-state index contributed by atoms with van der Waals surface area (Å²) in [5.41, 5.74) is 3.29. The third-order valence-electron chi connectivity index (χ3n) is 4.54. The summed E-state index contributed by atoms with van der Waals surface area (Å²) >= 11 is 1.15. The lowest BCUT2D eigenvalue weighted by Crippen LogP contribution is -2.11. The van der Waals surface area contributed by atoms with Crippen LogP contribution >= 0.6 is 11.8 Å². The Hall–Kier alpha value is -3.08. The monoisotopic (exact) mass is 452 g/mol. The van der Waals surface area contributed by atoms with E-state index in [2.05, 4.69) is 5.32 Å². The summed E-state index contributed by atoms with van der Waals surface area (Å²) in [4.78, 5) is -0.334. The summed E-state index contributed by atoms with van der Waals surface area (Å²) in [7, 11) is -4.04. The van der Waals surface area contributed by atoms with Gasteiger partial charge in [-0.1, -0.05) is 42.5 Å². The van der Waals surface area contributed by atoms with Crippen LogP contribution in [0.4, 0.5) is 10.1 Å². The summed E-state index contributed by atoms with van der Waals surface area (Å²) in [5, 5.41) is 13.2. The zero-order chi connectivity index (χ0) is 22.4. The van der Waals surface area contributed by atoms with Crippen LogP contribution in [0.2, 0.25) is 0 Å². The zero-order valence-corrected chi connectivity index (χ0v) is 18.7. The fraction of sp³-hybridized carbons (Fsp3) is 0.125. The van der Waals surface area contributed by atoms with Gasteiger partial charge in [-0.2, -0.15) is 5.26 Å². The molecule has 31 heavy (non-hydrogen) atoms. The van der Waals surface area contributed by atoms with Crippen LogP contribution in [0, 0.1) is 31.0 Å². The number of anilines is 1. The van der Waals surface area contributed by atoms with Gasteiger partial charge in [0, 0.05) is 11.4 Å². The van der Waals surface area contributed by atoms with E-state index < -0.39 is 9.84 Å². The van der Waals surface area contributed by atoms with Gasteiger partial charge in [-0.15, -0.1) is 11.8 Å². The van der Waals surface area contributed by atoms with Crippen LogP contribution in [0.1, 0.15) is 16.7 Å². The summed E-state index contributed by atoms with van der Waals surface area (Å²) < 4.78 is 40.0. The van der Waals surface area contributed by atoms with Crippen molar-refractivity contribution in [3.63, 3.8) is 0 Å². The van der Waals surface area contributed by atoms with Gasteiger partial charge >= 0.3 is 0 Å². The quantitative estimate of drug-likeness (QED) is 0.448. The smallest absolute Gasteiger partial charge is 0.219 e. The first-order valence-electron chi connectivity index (χ1n) is 9.47. The standard InChI is InChI=1S/C24H21FN2O2S2/c1-17-11-12-18(2)22(13-17)27-24(30-16-19-7-6-8-20(25)14-19)23(15-26)31(28,29)21-9-4-3-5-10-21/h3-14,27H,16H2,1-2H3. The Balaban J connectivity index is 2.08. The van der Waals surface area contributed by atoms with E-state index in [-0.39, 0.29) is 20.6 Å². The molecule has 1 N–H and O–H groups in total. The highest BCUT2D eigenvalue weighted by molar-refractivity contribution is 8.04. The van der Waals surface area contributed by atoms with Crippen molar-refractivity contribution >= 4 is 27.3 Å². The van der Waals surface area contributed by atoms with Gasteiger partial charge in [0.2, 0.25) is 9.84 Å². The number of thioether (sulfide) groups is 1. The summed E-state index contributed by atoms with van der Waals surface area (Å²) in [6.45, 7) is 3.83. The summed E-state index contributed by atoms with van der Waals surface area (Å²) in [6.07, 6.45) is 0. The van der Waals surface area contributed by atoms with E-state index in [0.29, 0.717) is 17.0 Å². The van der Waals surface area contributed by atoms with E-state index in [4.69, 9.17) is 0 Å². The average molecular weight is 453 g/mol. The van der Waals surface area contributed by atoms with E-state index in [1.54, 1.807) is 30.3 Å². The van der Waals surface area contributed by atoms with Crippen LogP contribution in [-0.4, -0.2) is 8.42 Å². The lowest BCUT2D eigenvalue weighted by atomic mass is 10.1. The maximum absolute atomic E-state index is 13.6. The van der Waals surface area contributed by atoms with E-state index in [9.17, 15) is 18.1 Å². The number of hydrogen-bond donors (Lipinski definition) is 1. The van der Waals surface area contributed by atoms with Gasteiger partial charge in [-0.25, -0.2) is 12.8 Å². The zero-order valence-electron chi connectivity index (χ0n) is 17.1. The number of nitrogens with zero attached hydrogens (tertiary/aromatic N) is 1. The number of sulfone groups is 1. The Labute approximate surface area is 186 Å². The lowest BCUT2D eigenvalue weighted by Gasteiger charge is -2.16. The Bertz CT molecular complexity index is 1260. The maximum atomic E-state index is 13.6. The van der Waals surface area contributed by atoms with Gasteiger partial charge in [0.25, 0.3) is 0 Å². The number of aryl methyl sites for hydroxylation is 2. The van der Waals surface area contributed by atoms with E-state index >= 15 is 0 Å². The number of hydrogen-bond acceptors (Lipinski definition) is 5. The van der Waals surface area contributed by atoms with E-state index in [1.807, 2.05) is 38.1 Å². The average Bonchev–Trinajstić information content (AvgIpc) is 2.75. The van der Waals surface area contributed by atoms with Crippen molar-refractivity contribution in [2.75, 3.05) is 5.32 Å². The fourth-order valence-corrected chi connectivity index (χ4v) is 5.41. The topological polar surface area (TPSA) is 70.0 Å². The Kier molecular flexibility index (Phi) is 7.16. The SMILES string of the molecule is Cc1ccc(C)c(NC(SCc2cccc(F)c2)=C(C#N)S(=O)(=O)c2ccccc2)c1. The number of nitriles is 1. The van der Waals surface area contributed by atoms with Crippen molar-refractivity contribution in [3.05, 3.63) is 105 Å². The van der Waals surface area contributed by atoms with Gasteiger partial charge < -0.3 is 5.32 Å². The molecule has 0 aliphatic rings. The minimum atomic E-state index is -4.04. The van der Waals surface area contributed by atoms with Gasteiger partial charge in [-0.05, 0) is 60.9 Å². The van der Waals surface area contributed by atoms with Gasteiger partial charge in [-0.3, -0.25) is 0 Å². The first kappa shape index (κ1) is 22.6. The molecule has 0 aliphatic heterocycles. The third kappa shape index (κ3) is 5.54. The fourth-order valence-electron chi connectivity index (χ4n) is 2.88. The predicted molar refractivity (Wildman–Crippen MR) is 124 cm³/mol. The molecular formula is C24H21FN2O2S2. The molecule has 0 radical (unpaired) electrons. The number of allylic oxidation sites excluding steroid dienone is 1. The molecule has 0 amide bonds. The lowest BCUT2D eigenvalue weighted by molar-refractivity contribution is 0.603. The second kappa shape index (κ2) is 9.82. The molecule has 4 nitrogen and oxygen atoms in total. The van der Waals surface area contributed by atoms with Gasteiger partial charge in [0.15, 0.2) is 4.91 Å². The molecule has 0 heterocycles. The van der Waals surface area contributed by atoms with Crippen molar-refractivity contribution in [1.82, 2.24) is 0 Å². The molecule has 0 saturated heterocycles. The molecule has 0 bridgehead atoms. The molecule has 0 saturated carbocycles. The molecule has 0 aromatic heterocycles. The molecule has 3 aromatic carbocycles. The minimum absolute atomic E-state index is 0.0400. The Morgan fingerprint density at radius 3 is 2.45 bits per heavy atom. The number of benzene rings is 3. The first-order valence-corrected chi connectivity index (χ1v) is 11.9. The molecule has 3 aromatic rings. The number of halogens is 1. The van der Waals surface area contributed by atoms with Crippen LogP contribution in [0.15, 0.2) is 87.6 Å². The Morgan fingerprint density at radius 1 is 1.03 bits per heavy atom. The normalized spacial score (nSPS) is 12.1. The minimum Gasteiger partial charge on any atom is -0.348 e. The highest BCUT2D eigenvalue weighted by Crippen LogP contribution is 2.32. The molecule has 0 unspecified atom stereocenters. The predicted octanol–water partition coefficient (Wildman–Crippen LogP) is 5.95. The second-order valence-electron chi connectivity index (χ2n) is 6.95. The highest BCUT2D eigenvalue weighted by Gasteiger charge is 2.25.